The van der Waals surface area contributed by atoms with Gasteiger partial charge >= 0.3 is 5.97 Å². The highest BCUT2D eigenvalue weighted by atomic mass is 16.5. The largest absolute Gasteiger partial charge is 0.427 e. The Morgan fingerprint density at radius 2 is 1.92 bits per heavy atom. The van der Waals surface area contributed by atoms with Crippen LogP contribution in [0.2, 0.25) is 0 Å². The molecule has 0 aliphatic carbocycles. The predicted molar refractivity (Wildman–Crippen MR) is 98.8 cm³/mol. The fourth-order valence-corrected chi connectivity index (χ4v) is 3.08. The van der Waals surface area contributed by atoms with Crippen molar-refractivity contribution in [3.63, 3.8) is 0 Å². The monoisotopic (exact) mass is 360 g/mol. The summed E-state index contributed by atoms with van der Waals surface area (Å²) in [6, 6.07) is 6.70. The van der Waals surface area contributed by atoms with Gasteiger partial charge in [-0.15, -0.1) is 0 Å². The molecule has 1 aliphatic rings. The van der Waals surface area contributed by atoms with Crippen LogP contribution >= 0.6 is 0 Å². The standard InChI is InChI=1S/C20H28N2O4/c1-14(2)11-19(24)21-13-16-7-9-22(10-8-16)20(25)17-5-4-6-18(12-17)26-15(3)23/h4-6,12,14,16H,7-11,13H2,1-3H3,(H,21,24). The van der Waals surface area contributed by atoms with E-state index in [0.29, 0.717) is 49.2 Å². The minimum atomic E-state index is -0.407. The van der Waals surface area contributed by atoms with E-state index in [0.717, 1.165) is 12.8 Å². The van der Waals surface area contributed by atoms with Crippen molar-refractivity contribution in [2.45, 2.75) is 40.0 Å². The molecule has 0 radical (unpaired) electrons. The number of nitrogens with one attached hydrogen (secondary N) is 1. The molecule has 1 N–H and O–H groups in total. The Kier molecular flexibility index (Phi) is 7.18. The molecule has 1 heterocycles. The Morgan fingerprint density at radius 3 is 2.54 bits per heavy atom. The molecule has 6 nitrogen and oxygen atoms in total. The van der Waals surface area contributed by atoms with Gasteiger partial charge in [-0.25, -0.2) is 0 Å². The molecule has 142 valence electrons. The molecular formula is C20H28N2O4. The van der Waals surface area contributed by atoms with E-state index in [1.165, 1.54) is 6.92 Å². The number of rotatable bonds is 6. The van der Waals surface area contributed by atoms with E-state index >= 15 is 0 Å². The van der Waals surface area contributed by atoms with Gasteiger partial charge in [-0.1, -0.05) is 19.9 Å². The number of carbonyl (C=O) groups excluding carboxylic acids is 3. The first-order valence-electron chi connectivity index (χ1n) is 9.19. The van der Waals surface area contributed by atoms with E-state index in [1.54, 1.807) is 24.3 Å². The Balaban J connectivity index is 1.83. The van der Waals surface area contributed by atoms with Gasteiger partial charge in [-0.2, -0.15) is 0 Å². The molecular weight excluding hydrogens is 332 g/mol. The van der Waals surface area contributed by atoms with Crippen LogP contribution in [-0.4, -0.2) is 42.3 Å². The van der Waals surface area contributed by atoms with E-state index in [-0.39, 0.29) is 11.8 Å². The first-order valence-corrected chi connectivity index (χ1v) is 9.19. The third-order valence-electron chi connectivity index (χ3n) is 4.43. The highest BCUT2D eigenvalue weighted by molar-refractivity contribution is 5.94. The number of esters is 1. The third kappa shape index (κ3) is 6.17. The molecule has 1 aliphatic heterocycles. The number of amides is 2. The van der Waals surface area contributed by atoms with Gasteiger partial charge in [0, 0.05) is 38.5 Å². The van der Waals surface area contributed by atoms with Crippen LogP contribution in [-0.2, 0) is 9.59 Å². The normalized spacial score (nSPS) is 15.0. The molecule has 0 saturated carbocycles. The summed E-state index contributed by atoms with van der Waals surface area (Å²) in [5.74, 6) is 0.780. The number of carbonyl (C=O) groups is 3. The molecule has 0 atom stereocenters. The maximum atomic E-state index is 12.6. The number of benzene rings is 1. The van der Waals surface area contributed by atoms with Crippen LogP contribution in [0.4, 0.5) is 0 Å². The highest BCUT2D eigenvalue weighted by Crippen LogP contribution is 2.20. The molecule has 0 aromatic heterocycles. The van der Waals surface area contributed by atoms with Crippen LogP contribution in [0.15, 0.2) is 24.3 Å². The number of nitrogens with zero attached hydrogens (tertiary/aromatic N) is 1. The second-order valence-electron chi connectivity index (χ2n) is 7.26. The number of ether oxygens (including phenoxy) is 1. The summed E-state index contributed by atoms with van der Waals surface area (Å²) in [6.45, 7) is 7.40. The molecule has 26 heavy (non-hydrogen) atoms. The summed E-state index contributed by atoms with van der Waals surface area (Å²) in [6.07, 6.45) is 2.30. The minimum Gasteiger partial charge on any atom is -0.427 e. The molecule has 2 amide bonds. The predicted octanol–water partition coefficient (Wildman–Crippen LogP) is 2.63. The van der Waals surface area contributed by atoms with Gasteiger partial charge < -0.3 is 15.0 Å². The Bertz CT molecular complexity index is 649. The number of hydrogen-bond acceptors (Lipinski definition) is 4. The fourth-order valence-electron chi connectivity index (χ4n) is 3.08. The molecule has 1 aromatic carbocycles. The molecule has 0 bridgehead atoms. The molecule has 0 unspecified atom stereocenters. The summed E-state index contributed by atoms with van der Waals surface area (Å²) in [5.41, 5.74) is 0.521. The zero-order chi connectivity index (χ0) is 19.1. The van der Waals surface area contributed by atoms with Gasteiger partial charge in [0.2, 0.25) is 5.91 Å². The van der Waals surface area contributed by atoms with Crippen LogP contribution in [0.3, 0.4) is 0 Å². The second-order valence-corrected chi connectivity index (χ2v) is 7.26. The summed E-state index contributed by atoms with van der Waals surface area (Å²) >= 11 is 0. The Labute approximate surface area is 154 Å². The first kappa shape index (κ1) is 19.9. The van der Waals surface area contributed by atoms with Crippen LogP contribution in [0.25, 0.3) is 0 Å². The van der Waals surface area contributed by atoms with Crippen LogP contribution in [0.1, 0.15) is 50.4 Å². The zero-order valence-electron chi connectivity index (χ0n) is 15.8. The smallest absolute Gasteiger partial charge is 0.308 e. The summed E-state index contributed by atoms with van der Waals surface area (Å²) in [4.78, 5) is 37.3. The number of hydrogen-bond donors (Lipinski definition) is 1. The quantitative estimate of drug-likeness (QED) is 0.625. The average molecular weight is 360 g/mol. The van der Waals surface area contributed by atoms with Gasteiger partial charge in [-0.3, -0.25) is 14.4 Å². The van der Waals surface area contributed by atoms with Gasteiger partial charge in [-0.05, 0) is 42.9 Å². The van der Waals surface area contributed by atoms with E-state index < -0.39 is 5.97 Å². The van der Waals surface area contributed by atoms with Crippen molar-refractivity contribution in [2.24, 2.45) is 11.8 Å². The zero-order valence-corrected chi connectivity index (χ0v) is 15.8. The first-order chi connectivity index (χ1) is 12.3. The summed E-state index contributed by atoms with van der Waals surface area (Å²) < 4.78 is 5.04. The van der Waals surface area contributed by atoms with Crippen molar-refractivity contribution >= 4 is 17.8 Å². The van der Waals surface area contributed by atoms with Crippen molar-refractivity contribution in [1.82, 2.24) is 10.2 Å². The van der Waals surface area contributed by atoms with Crippen LogP contribution in [0, 0.1) is 11.8 Å². The molecule has 1 saturated heterocycles. The van der Waals surface area contributed by atoms with Crippen molar-refractivity contribution in [1.29, 1.82) is 0 Å². The lowest BCUT2D eigenvalue weighted by Gasteiger charge is -2.32. The molecule has 6 heteroatoms. The minimum absolute atomic E-state index is 0.0544. The SMILES string of the molecule is CC(=O)Oc1cccc(C(=O)N2CCC(CNC(=O)CC(C)C)CC2)c1. The Hall–Kier alpha value is -2.37. The van der Waals surface area contributed by atoms with Crippen molar-refractivity contribution in [3.8, 4) is 5.75 Å². The molecule has 1 aromatic rings. The highest BCUT2D eigenvalue weighted by Gasteiger charge is 2.24. The van der Waals surface area contributed by atoms with E-state index in [2.05, 4.69) is 5.32 Å². The second kappa shape index (κ2) is 9.36. The maximum Gasteiger partial charge on any atom is 0.308 e. The topological polar surface area (TPSA) is 75.7 Å². The lowest BCUT2D eigenvalue weighted by Crippen LogP contribution is -2.41. The molecule has 0 spiro atoms. The van der Waals surface area contributed by atoms with Gasteiger partial charge in [0.15, 0.2) is 0 Å². The van der Waals surface area contributed by atoms with E-state index in [9.17, 15) is 14.4 Å². The van der Waals surface area contributed by atoms with Crippen molar-refractivity contribution in [3.05, 3.63) is 29.8 Å². The van der Waals surface area contributed by atoms with E-state index in [1.807, 2.05) is 18.7 Å². The average Bonchev–Trinajstić information content (AvgIpc) is 2.59. The van der Waals surface area contributed by atoms with Gasteiger partial charge in [0.05, 0.1) is 0 Å². The van der Waals surface area contributed by atoms with Gasteiger partial charge in [0.1, 0.15) is 5.75 Å². The summed E-state index contributed by atoms with van der Waals surface area (Å²) in [7, 11) is 0. The maximum absolute atomic E-state index is 12.6. The lowest BCUT2D eigenvalue weighted by molar-refractivity contribution is -0.131. The fraction of sp³-hybridized carbons (Fsp3) is 0.550. The molecule has 1 fully saturated rings. The summed E-state index contributed by atoms with van der Waals surface area (Å²) in [5, 5.41) is 2.99. The molecule has 2 rings (SSSR count). The lowest BCUT2D eigenvalue weighted by atomic mass is 9.96. The van der Waals surface area contributed by atoms with Crippen molar-refractivity contribution < 1.29 is 19.1 Å². The van der Waals surface area contributed by atoms with Crippen LogP contribution in [0.5, 0.6) is 5.75 Å². The van der Waals surface area contributed by atoms with E-state index in [4.69, 9.17) is 4.74 Å². The van der Waals surface area contributed by atoms with Gasteiger partial charge in [0.25, 0.3) is 5.91 Å². The number of likely N-dealkylation sites (tertiary alicyclic amines) is 1. The van der Waals surface area contributed by atoms with Crippen LogP contribution < -0.4 is 10.1 Å². The number of piperidine rings is 1. The Morgan fingerprint density at radius 1 is 1.23 bits per heavy atom. The third-order valence-corrected chi connectivity index (χ3v) is 4.43. The van der Waals surface area contributed by atoms with Crippen molar-refractivity contribution in [2.75, 3.05) is 19.6 Å².